The molecule has 1 aromatic carbocycles. The van der Waals surface area contributed by atoms with Crippen LogP contribution in [0.4, 0.5) is 18.9 Å². The number of alkyl halides is 3. The van der Waals surface area contributed by atoms with Crippen LogP contribution >= 0.6 is 0 Å². The van der Waals surface area contributed by atoms with Crippen LogP contribution in [0.3, 0.4) is 0 Å². The van der Waals surface area contributed by atoms with E-state index < -0.39 is 11.7 Å². The fraction of sp³-hybridized carbons (Fsp3) is 0.250. The maximum absolute atomic E-state index is 12.4. The van der Waals surface area contributed by atoms with E-state index in [9.17, 15) is 18.1 Å². The molecule has 6 heteroatoms. The van der Waals surface area contributed by atoms with Gasteiger partial charge in [-0.25, -0.2) is 0 Å². The van der Waals surface area contributed by atoms with Gasteiger partial charge in [0.25, 0.3) is 0 Å². The number of rotatable bonds is 2. The van der Waals surface area contributed by atoms with E-state index in [0.29, 0.717) is 6.07 Å². The Morgan fingerprint density at radius 1 is 1.36 bits per heavy atom. The van der Waals surface area contributed by atoms with Crippen LogP contribution in [0.5, 0.6) is 0 Å². The molecule has 0 atom stereocenters. The second-order valence-electron chi connectivity index (χ2n) is 2.63. The van der Waals surface area contributed by atoms with Gasteiger partial charge in [-0.05, 0) is 22.9 Å². The van der Waals surface area contributed by atoms with Gasteiger partial charge in [-0.3, -0.25) is 0 Å². The maximum Gasteiger partial charge on any atom is 0.416 e. The third-order valence-corrected chi connectivity index (χ3v) is 1.72. The van der Waals surface area contributed by atoms with Crippen LogP contribution in [0, 0.1) is 4.91 Å². The van der Waals surface area contributed by atoms with Gasteiger partial charge in [-0.1, -0.05) is 6.07 Å². The average molecular weight is 204 g/mol. The molecule has 14 heavy (non-hydrogen) atoms. The standard InChI is InChI=1S/C8H7F3N2O/c9-8(10,11)7-3-6(13-14)2-1-5(7)4-12/h1-3H,4,12H2. The summed E-state index contributed by atoms with van der Waals surface area (Å²) in [6.07, 6.45) is -4.50. The van der Waals surface area contributed by atoms with E-state index in [0.717, 1.165) is 6.07 Å². The van der Waals surface area contributed by atoms with Crippen molar-refractivity contribution >= 4 is 5.69 Å². The molecule has 0 fully saturated rings. The summed E-state index contributed by atoms with van der Waals surface area (Å²) in [7, 11) is 0. The number of nitrogens with two attached hydrogens (primary N) is 1. The Hall–Kier alpha value is -1.43. The van der Waals surface area contributed by atoms with Crippen molar-refractivity contribution in [2.24, 2.45) is 10.9 Å². The van der Waals surface area contributed by atoms with E-state index in [1.54, 1.807) is 0 Å². The lowest BCUT2D eigenvalue weighted by molar-refractivity contribution is -0.138. The van der Waals surface area contributed by atoms with Crippen molar-refractivity contribution in [3.8, 4) is 0 Å². The van der Waals surface area contributed by atoms with Crippen LogP contribution in [-0.2, 0) is 12.7 Å². The lowest BCUT2D eigenvalue weighted by Crippen LogP contribution is -2.11. The van der Waals surface area contributed by atoms with Crippen LogP contribution < -0.4 is 5.73 Å². The average Bonchev–Trinajstić information content (AvgIpc) is 2.15. The first-order valence-corrected chi connectivity index (χ1v) is 3.72. The summed E-state index contributed by atoms with van der Waals surface area (Å²) < 4.78 is 37.1. The van der Waals surface area contributed by atoms with Crippen LogP contribution in [0.1, 0.15) is 11.1 Å². The lowest BCUT2D eigenvalue weighted by atomic mass is 10.1. The van der Waals surface area contributed by atoms with Crippen LogP contribution in [0.2, 0.25) is 0 Å². The minimum absolute atomic E-state index is 0.0510. The molecule has 0 spiro atoms. The molecule has 0 aliphatic heterocycles. The van der Waals surface area contributed by atoms with E-state index in [2.05, 4.69) is 5.18 Å². The topological polar surface area (TPSA) is 55.4 Å². The molecule has 0 aliphatic carbocycles. The highest BCUT2D eigenvalue weighted by atomic mass is 19.4. The predicted molar refractivity (Wildman–Crippen MR) is 44.8 cm³/mol. The molecular weight excluding hydrogens is 197 g/mol. The minimum Gasteiger partial charge on any atom is -0.326 e. The third-order valence-electron chi connectivity index (χ3n) is 1.72. The summed E-state index contributed by atoms with van der Waals surface area (Å²) in [5, 5.41) is 2.43. The molecule has 2 N–H and O–H groups in total. The number of nitrogens with zero attached hydrogens (tertiary/aromatic N) is 1. The van der Waals surface area contributed by atoms with Crippen molar-refractivity contribution in [2.45, 2.75) is 12.7 Å². The molecule has 1 rings (SSSR count). The summed E-state index contributed by atoms with van der Waals surface area (Å²) in [6, 6.07) is 3.04. The van der Waals surface area contributed by atoms with Gasteiger partial charge in [0.05, 0.1) is 5.56 Å². The summed E-state index contributed by atoms with van der Waals surface area (Å²) >= 11 is 0. The molecule has 3 nitrogen and oxygen atoms in total. The molecule has 76 valence electrons. The fourth-order valence-corrected chi connectivity index (χ4v) is 1.06. The van der Waals surface area contributed by atoms with Crippen molar-refractivity contribution < 1.29 is 13.2 Å². The Morgan fingerprint density at radius 3 is 2.43 bits per heavy atom. The summed E-state index contributed by atoms with van der Waals surface area (Å²) in [4.78, 5) is 10.0. The summed E-state index contributed by atoms with van der Waals surface area (Å²) in [6.45, 7) is -0.228. The van der Waals surface area contributed by atoms with Gasteiger partial charge in [-0.2, -0.15) is 13.2 Å². The molecule has 0 saturated carbocycles. The zero-order valence-corrected chi connectivity index (χ0v) is 7.01. The molecule has 0 saturated heterocycles. The number of nitroso groups, excluding NO2 is 1. The molecule has 0 aromatic heterocycles. The Balaban J connectivity index is 3.29. The van der Waals surface area contributed by atoms with Gasteiger partial charge in [0.1, 0.15) is 5.69 Å². The molecule has 0 radical (unpaired) electrons. The van der Waals surface area contributed by atoms with Gasteiger partial charge in [0.15, 0.2) is 0 Å². The number of hydrogen-bond acceptors (Lipinski definition) is 3. The molecular formula is C8H7F3N2O. The van der Waals surface area contributed by atoms with E-state index >= 15 is 0 Å². The summed E-state index contributed by atoms with van der Waals surface area (Å²) in [5.74, 6) is 0. The number of hydrogen-bond donors (Lipinski definition) is 1. The first-order valence-electron chi connectivity index (χ1n) is 3.72. The van der Waals surface area contributed by atoms with Crippen molar-refractivity contribution in [2.75, 3.05) is 0 Å². The zero-order chi connectivity index (χ0) is 10.8. The van der Waals surface area contributed by atoms with Gasteiger partial charge < -0.3 is 5.73 Å². The highest BCUT2D eigenvalue weighted by Gasteiger charge is 2.33. The van der Waals surface area contributed by atoms with E-state index in [4.69, 9.17) is 5.73 Å². The van der Waals surface area contributed by atoms with Crippen molar-refractivity contribution in [1.29, 1.82) is 0 Å². The number of halogens is 3. The highest BCUT2D eigenvalue weighted by molar-refractivity contribution is 5.45. The van der Waals surface area contributed by atoms with Gasteiger partial charge in [-0.15, -0.1) is 4.91 Å². The molecule has 0 bridgehead atoms. The molecule has 1 aromatic rings. The van der Waals surface area contributed by atoms with Crippen LogP contribution in [-0.4, -0.2) is 0 Å². The minimum atomic E-state index is -4.50. The molecule has 0 amide bonds. The molecule has 0 heterocycles. The second kappa shape index (κ2) is 3.75. The van der Waals surface area contributed by atoms with E-state index in [1.165, 1.54) is 6.07 Å². The lowest BCUT2D eigenvalue weighted by Gasteiger charge is -2.11. The normalized spacial score (nSPS) is 11.4. The monoisotopic (exact) mass is 204 g/mol. The van der Waals surface area contributed by atoms with Crippen molar-refractivity contribution in [1.82, 2.24) is 0 Å². The Bertz CT molecular complexity index is 349. The van der Waals surface area contributed by atoms with Crippen molar-refractivity contribution in [3.05, 3.63) is 34.2 Å². The molecule has 0 aliphatic rings. The van der Waals surface area contributed by atoms with Crippen LogP contribution in [0.15, 0.2) is 23.4 Å². The Kier molecular flexibility index (Phi) is 2.85. The highest BCUT2D eigenvalue weighted by Crippen LogP contribution is 2.34. The summed E-state index contributed by atoms with van der Waals surface area (Å²) in [5.41, 5.74) is 3.92. The van der Waals surface area contributed by atoms with E-state index in [1.807, 2.05) is 0 Å². The van der Waals surface area contributed by atoms with E-state index in [-0.39, 0.29) is 17.8 Å². The predicted octanol–water partition coefficient (Wildman–Crippen LogP) is 2.56. The number of benzene rings is 1. The molecule has 0 unspecified atom stereocenters. The quantitative estimate of drug-likeness (QED) is 0.752. The zero-order valence-electron chi connectivity index (χ0n) is 7.01. The largest absolute Gasteiger partial charge is 0.416 e. The van der Waals surface area contributed by atoms with Gasteiger partial charge >= 0.3 is 6.18 Å². The second-order valence-corrected chi connectivity index (χ2v) is 2.63. The SMILES string of the molecule is NCc1ccc(N=O)cc1C(F)(F)F. The van der Waals surface area contributed by atoms with Gasteiger partial charge in [0.2, 0.25) is 0 Å². The third kappa shape index (κ3) is 2.08. The van der Waals surface area contributed by atoms with Crippen LogP contribution in [0.25, 0.3) is 0 Å². The fourth-order valence-electron chi connectivity index (χ4n) is 1.06. The van der Waals surface area contributed by atoms with Gasteiger partial charge in [0, 0.05) is 6.54 Å². The smallest absolute Gasteiger partial charge is 0.326 e. The maximum atomic E-state index is 12.4. The first-order chi connectivity index (χ1) is 6.49. The van der Waals surface area contributed by atoms with Crippen molar-refractivity contribution in [3.63, 3.8) is 0 Å². The Labute approximate surface area is 77.7 Å². The Morgan fingerprint density at radius 2 is 2.00 bits per heavy atom. The first kappa shape index (κ1) is 10.6.